The van der Waals surface area contributed by atoms with Crippen molar-refractivity contribution in [2.45, 2.75) is 5.03 Å². The van der Waals surface area contributed by atoms with Crippen LogP contribution in [-0.2, 0) is 0 Å². The Labute approximate surface area is 172 Å². The van der Waals surface area contributed by atoms with E-state index in [1.165, 1.54) is 22.8 Å². The third kappa shape index (κ3) is 3.95. The van der Waals surface area contributed by atoms with Crippen molar-refractivity contribution in [2.75, 3.05) is 43.4 Å². The van der Waals surface area contributed by atoms with E-state index < -0.39 is 5.82 Å². The van der Waals surface area contributed by atoms with E-state index in [1.54, 1.807) is 0 Å². The van der Waals surface area contributed by atoms with E-state index in [9.17, 15) is 4.39 Å². The number of fused-ring (bicyclic) bond motifs is 1. The molecule has 0 radical (unpaired) electrons. The van der Waals surface area contributed by atoms with Crippen LogP contribution in [0, 0.1) is 17.1 Å². The van der Waals surface area contributed by atoms with Gasteiger partial charge in [-0.2, -0.15) is 5.26 Å². The first-order valence-electron chi connectivity index (χ1n) is 9.08. The number of nitrogens with one attached hydrogen (secondary N) is 1. The summed E-state index contributed by atoms with van der Waals surface area (Å²) in [7, 11) is 0. The fourth-order valence-electron chi connectivity index (χ4n) is 3.47. The topological polar surface area (TPSA) is 59.0 Å². The molecule has 2 aromatic heterocycles. The lowest BCUT2D eigenvalue weighted by atomic mass is 10.2. The van der Waals surface area contributed by atoms with Crippen molar-refractivity contribution < 1.29 is 4.39 Å². The third-order valence-corrected chi connectivity index (χ3v) is 6.19. The summed E-state index contributed by atoms with van der Waals surface area (Å²) in [6.45, 7) is 4.78. The second kappa shape index (κ2) is 8.39. The van der Waals surface area contributed by atoms with Gasteiger partial charge < -0.3 is 9.88 Å². The zero-order chi connectivity index (χ0) is 19.5. The molecule has 1 saturated heterocycles. The molecule has 1 aromatic carbocycles. The van der Waals surface area contributed by atoms with E-state index in [1.807, 2.05) is 12.3 Å². The van der Waals surface area contributed by atoms with Crippen LogP contribution >= 0.6 is 23.4 Å². The summed E-state index contributed by atoms with van der Waals surface area (Å²) in [5, 5.41) is 10.7. The molecule has 3 aromatic rings. The van der Waals surface area contributed by atoms with Crippen LogP contribution < -0.4 is 4.90 Å². The van der Waals surface area contributed by atoms with Crippen LogP contribution in [0.15, 0.2) is 41.6 Å². The number of piperazine rings is 1. The molecule has 0 amide bonds. The minimum atomic E-state index is -0.656. The quantitative estimate of drug-likeness (QED) is 0.501. The Morgan fingerprint density at radius 3 is 2.86 bits per heavy atom. The number of nitrogens with zero attached hydrogens (tertiary/aromatic N) is 4. The van der Waals surface area contributed by atoms with Gasteiger partial charge in [0.05, 0.1) is 5.56 Å². The van der Waals surface area contributed by atoms with E-state index >= 15 is 0 Å². The standard InChI is InChI=1S/C20H19ClFN5S/c21-19-16(22)12-14(13-23)20(25-19)28-11-10-26-6-8-27(9-7-26)18-3-1-2-17-15(18)4-5-24-17/h1-5,12,24H,6-11H2. The zero-order valence-electron chi connectivity index (χ0n) is 15.2. The summed E-state index contributed by atoms with van der Waals surface area (Å²) in [6, 6.07) is 11.6. The zero-order valence-corrected chi connectivity index (χ0v) is 16.7. The van der Waals surface area contributed by atoms with Crippen LogP contribution in [0.5, 0.6) is 0 Å². The van der Waals surface area contributed by atoms with Crippen LogP contribution in [0.2, 0.25) is 5.15 Å². The molecule has 0 aliphatic carbocycles. The SMILES string of the molecule is N#Cc1cc(F)c(Cl)nc1SCCN1CCN(c2cccc3[nH]ccc23)CC1. The van der Waals surface area contributed by atoms with Gasteiger partial charge in [0.15, 0.2) is 11.0 Å². The number of hydrogen-bond acceptors (Lipinski definition) is 5. The van der Waals surface area contributed by atoms with Gasteiger partial charge in [0.25, 0.3) is 0 Å². The van der Waals surface area contributed by atoms with E-state index in [-0.39, 0.29) is 10.7 Å². The van der Waals surface area contributed by atoms with Crippen molar-refractivity contribution in [3.8, 4) is 6.07 Å². The summed E-state index contributed by atoms with van der Waals surface area (Å²) >= 11 is 7.20. The summed E-state index contributed by atoms with van der Waals surface area (Å²) in [5.41, 5.74) is 2.67. The summed E-state index contributed by atoms with van der Waals surface area (Å²) < 4.78 is 13.4. The van der Waals surface area contributed by atoms with Gasteiger partial charge in [-0.05, 0) is 24.3 Å². The number of benzene rings is 1. The Morgan fingerprint density at radius 2 is 2.07 bits per heavy atom. The number of rotatable bonds is 5. The normalized spacial score (nSPS) is 15.1. The molecule has 4 rings (SSSR count). The highest BCUT2D eigenvalue weighted by atomic mass is 35.5. The van der Waals surface area contributed by atoms with Crippen molar-refractivity contribution in [2.24, 2.45) is 0 Å². The van der Waals surface area contributed by atoms with Gasteiger partial charge in [-0.25, -0.2) is 9.37 Å². The molecule has 1 aliphatic rings. The van der Waals surface area contributed by atoms with Gasteiger partial charge in [-0.1, -0.05) is 17.7 Å². The monoisotopic (exact) mass is 415 g/mol. The molecule has 0 saturated carbocycles. The van der Waals surface area contributed by atoms with Crippen molar-refractivity contribution in [3.05, 3.63) is 53.1 Å². The highest BCUT2D eigenvalue weighted by Gasteiger charge is 2.19. The van der Waals surface area contributed by atoms with Crippen LogP contribution in [-0.4, -0.2) is 53.3 Å². The average Bonchev–Trinajstić information content (AvgIpc) is 3.20. The number of halogens is 2. The fraction of sp³-hybridized carbons (Fsp3) is 0.300. The Hall–Kier alpha value is -2.27. The minimum absolute atomic E-state index is 0.186. The molecule has 0 atom stereocenters. The Balaban J connectivity index is 1.31. The third-order valence-electron chi connectivity index (χ3n) is 4.95. The molecular formula is C20H19ClFN5S. The summed E-state index contributed by atoms with van der Waals surface area (Å²) in [4.78, 5) is 12.1. The molecule has 1 N–H and O–H groups in total. The van der Waals surface area contributed by atoms with Gasteiger partial charge >= 0.3 is 0 Å². The number of aromatic amines is 1. The highest BCUT2D eigenvalue weighted by Crippen LogP contribution is 2.27. The summed E-state index contributed by atoms with van der Waals surface area (Å²) in [6.07, 6.45) is 1.98. The number of H-pyrrole nitrogens is 1. The number of anilines is 1. The number of nitriles is 1. The lowest BCUT2D eigenvalue weighted by Crippen LogP contribution is -2.47. The van der Waals surface area contributed by atoms with Crippen molar-refractivity contribution >= 4 is 40.0 Å². The van der Waals surface area contributed by atoms with E-state index in [0.29, 0.717) is 5.03 Å². The molecule has 1 fully saturated rings. The number of thioether (sulfide) groups is 1. The lowest BCUT2D eigenvalue weighted by Gasteiger charge is -2.36. The van der Waals surface area contributed by atoms with Gasteiger partial charge in [0, 0.05) is 61.3 Å². The second-order valence-electron chi connectivity index (χ2n) is 6.62. The Morgan fingerprint density at radius 1 is 1.25 bits per heavy atom. The van der Waals surface area contributed by atoms with E-state index in [0.717, 1.165) is 50.1 Å². The van der Waals surface area contributed by atoms with Gasteiger partial charge in [0.1, 0.15) is 11.1 Å². The Kier molecular flexibility index (Phi) is 5.72. The molecule has 5 nitrogen and oxygen atoms in total. The molecular weight excluding hydrogens is 397 g/mol. The largest absolute Gasteiger partial charge is 0.368 e. The van der Waals surface area contributed by atoms with Gasteiger partial charge in [-0.3, -0.25) is 4.90 Å². The lowest BCUT2D eigenvalue weighted by molar-refractivity contribution is 0.273. The van der Waals surface area contributed by atoms with Crippen LogP contribution in [0.4, 0.5) is 10.1 Å². The molecule has 0 bridgehead atoms. The first kappa shape index (κ1) is 19.1. The van der Waals surface area contributed by atoms with Crippen molar-refractivity contribution in [1.29, 1.82) is 5.26 Å². The van der Waals surface area contributed by atoms with Crippen molar-refractivity contribution in [1.82, 2.24) is 14.9 Å². The molecule has 0 unspecified atom stereocenters. The molecule has 3 heterocycles. The molecule has 8 heteroatoms. The molecule has 0 spiro atoms. The smallest absolute Gasteiger partial charge is 0.166 e. The number of pyridine rings is 1. The molecule has 1 aliphatic heterocycles. The van der Waals surface area contributed by atoms with Crippen LogP contribution in [0.3, 0.4) is 0 Å². The molecule has 28 heavy (non-hydrogen) atoms. The maximum atomic E-state index is 13.4. The number of aromatic nitrogens is 2. The average molecular weight is 416 g/mol. The highest BCUT2D eigenvalue weighted by molar-refractivity contribution is 7.99. The number of hydrogen-bond donors (Lipinski definition) is 1. The first-order chi connectivity index (χ1) is 13.7. The predicted octanol–water partition coefficient (Wildman–Crippen LogP) is 4.14. The van der Waals surface area contributed by atoms with Gasteiger partial charge in [0.2, 0.25) is 0 Å². The maximum absolute atomic E-state index is 13.4. The van der Waals surface area contributed by atoms with E-state index in [4.69, 9.17) is 16.9 Å². The Bertz CT molecular complexity index is 1020. The first-order valence-corrected chi connectivity index (χ1v) is 10.4. The van der Waals surface area contributed by atoms with Crippen molar-refractivity contribution in [3.63, 3.8) is 0 Å². The van der Waals surface area contributed by atoms with Crippen LogP contribution in [0.25, 0.3) is 10.9 Å². The summed E-state index contributed by atoms with van der Waals surface area (Å²) in [5.74, 6) is 0.118. The predicted molar refractivity (Wildman–Crippen MR) is 112 cm³/mol. The van der Waals surface area contributed by atoms with E-state index in [2.05, 4.69) is 44.0 Å². The second-order valence-corrected chi connectivity index (χ2v) is 8.06. The fourth-order valence-corrected chi connectivity index (χ4v) is 4.62. The minimum Gasteiger partial charge on any atom is -0.368 e. The van der Waals surface area contributed by atoms with Gasteiger partial charge in [-0.15, -0.1) is 11.8 Å². The maximum Gasteiger partial charge on any atom is 0.166 e. The van der Waals surface area contributed by atoms with Crippen LogP contribution in [0.1, 0.15) is 5.56 Å². The molecule has 144 valence electrons.